The molecular formula is C15H29N. The van der Waals surface area contributed by atoms with Gasteiger partial charge in [-0.2, -0.15) is 0 Å². The first kappa shape index (κ1) is 20.2. The second-order valence-electron chi connectivity index (χ2n) is 2.46. The van der Waals surface area contributed by atoms with Gasteiger partial charge in [0.15, 0.2) is 0 Å². The Kier molecular flexibility index (Phi) is 29.7. The van der Waals surface area contributed by atoms with E-state index >= 15 is 0 Å². The van der Waals surface area contributed by atoms with Crippen LogP contribution in [-0.4, -0.2) is 0 Å². The van der Waals surface area contributed by atoms with Crippen LogP contribution in [0.4, 0.5) is 0 Å². The van der Waals surface area contributed by atoms with E-state index in [0.29, 0.717) is 0 Å². The minimum atomic E-state index is 0.785. The second-order valence-corrected chi connectivity index (χ2v) is 2.46. The Balaban J connectivity index is -0.000000376. The van der Waals surface area contributed by atoms with Crippen LogP contribution in [0.1, 0.15) is 47.5 Å². The van der Waals surface area contributed by atoms with Crippen molar-refractivity contribution < 1.29 is 0 Å². The zero-order chi connectivity index (χ0) is 13.2. The lowest BCUT2D eigenvalue weighted by Gasteiger charge is -1.87. The molecule has 0 atom stereocenters. The monoisotopic (exact) mass is 223 g/mol. The van der Waals surface area contributed by atoms with E-state index < -0.39 is 0 Å². The number of unbranched alkanes of at least 4 members (excludes halogenated alkanes) is 1. The smallest absolute Gasteiger partial charge is 0.0310 e. The van der Waals surface area contributed by atoms with Crippen molar-refractivity contribution >= 4 is 0 Å². The average Bonchev–Trinajstić information content (AvgIpc) is 2.34. The fraction of sp³-hybridized carbons (Fsp3) is 0.467. The van der Waals surface area contributed by atoms with Crippen molar-refractivity contribution in [1.29, 1.82) is 0 Å². The largest absolute Gasteiger partial charge is 0.399 e. The molecule has 0 aromatic carbocycles. The third-order valence-electron chi connectivity index (χ3n) is 1.32. The summed E-state index contributed by atoms with van der Waals surface area (Å²) in [7, 11) is 0. The van der Waals surface area contributed by atoms with Crippen LogP contribution in [0.15, 0.2) is 48.7 Å². The molecule has 0 aliphatic rings. The van der Waals surface area contributed by atoms with E-state index in [-0.39, 0.29) is 0 Å². The molecule has 0 radical (unpaired) electrons. The summed E-state index contributed by atoms with van der Waals surface area (Å²) in [5, 5.41) is 0. The minimum absolute atomic E-state index is 0.785. The molecule has 0 fully saturated rings. The molecule has 0 spiro atoms. The van der Waals surface area contributed by atoms with Gasteiger partial charge in [-0.15, -0.1) is 6.58 Å². The Labute approximate surface area is 102 Å². The van der Waals surface area contributed by atoms with Gasteiger partial charge in [-0.05, 0) is 31.9 Å². The van der Waals surface area contributed by atoms with E-state index in [1.807, 2.05) is 65.0 Å². The molecule has 0 aromatic rings. The summed E-state index contributed by atoms with van der Waals surface area (Å²) in [5.74, 6) is 0. The number of hydrogen-bond donors (Lipinski definition) is 1. The Morgan fingerprint density at radius 2 is 1.69 bits per heavy atom. The molecule has 0 amide bonds. The van der Waals surface area contributed by atoms with Crippen LogP contribution in [0.25, 0.3) is 0 Å². The highest BCUT2D eigenvalue weighted by Crippen LogP contribution is 1.93. The summed E-state index contributed by atoms with van der Waals surface area (Å²) >= 11 is 0. The number of rotatable bonds is 5. The van der Waals surface area contributed by atoms with Gasteiger partial charge in [0.1, 0.15) is 0 Å². The molecule has 0 rings (SSSR count). The second kappa shape index (κ2) is 23.5. The van der Waals surface area contributed by atoms with Gasteiger partial charge < -0.3 is 5.73 Å². The van der Waals surface area contributed by atoms with Crippen molar-refractivity contribution in [3.05, 3.63) is 48.7 Å². The summed E-state index contributed by atoms with van der Waals surface area (Å²) in [4.78, 5) is 0. The van der Waals surface area contributed by atoms with E-state index in [4.69, 9.17) is 5.73 Å². The standard InChI is InChI=1S/C11H17N.2C2H6/c1-3-5-6-7-8-10-11(12)9-4-2;2*1-2/h3-4,7-10H,1,5-6,12H2,2H3;2*1-2H3/b8-7-,9-4+,11-10-;;. The van der Waals surface area contributed by atoms with Crippen molar-refractivity contribution in [2.24, 2.45) is 5.73 Å². The fourth-order valence-corrected chi connectivity index (χ4v) is 0.737. The number of allylic oxidation sites excluding steroid dienone is 6. The van der Waals surface area contributed by atoms with Crippen LogP contribution in [0.5, 0.6) is 0 Å². The predicted molar refractivity (Wildman–Crippen MR) is 78.4 cm³/mol. The molecule has 0 saturated heterocycles. The Morgan fingerprint density at radius 1 is 1.12 bits per heavy atom. The van der Waals surface area contributed by atoms with Crippen molar-refractivity contribution in [3.63, 3.8) is 0 Å². The molecule has 0 heterocycles. The lowest BCUT2D eigenvalue weighted by atomic mass is 10.2. The third kappa shape index (κ3) is 23.0. The average molecular weight is 223 g/mol. The molecule has 0 aromatic heterocycles. The van der Waals surface area contributed by atoms with E-state index in [1.54, 1.807) is 0 Å². The summed E-state index contributed by atoms with van der Waals surface area (Å²) in [5.41, 5.74) is 6.39. The molecule has 0 aliphatic heterocycles. The molecule has 2 N–H and O–H groups in total. The molecule has 16 heavy (non-hydrogen) atoms. The van der Waals surface area contributed by atoms with Crippen molar-refractivity contribution in [2.45, 2.75) is 47.5 Å². The van der Waals surface area contributed by atoms with Crippen molar-refractivity contribution in [2.75, 3.05) is 0 Å². The Morgan fingerprint density at radius 3 is 2.12 bits per heavy atom. The van der Waals surface area contributed by atoms with E-state index in [9.17, 15) is 0 Å². The maximum atomic E-state index is 5.60. The first-order valence-electron chi connectivity index (χ1n) is 6.17. The SMILES string of the molecule is C=CCC\C=C/C=C(N)/C=C/C.CC.CC. The van der Waals surface area contributed by atoms with Crippen molar-refractivity contribution in [1.82, 2.24) is 0 Å². The van der Waals surface area contributed by atoms with E-state index in [1.165, 1.54) is 0 Å². The number of nitrogens with two attached hydrogens (primary N) is 1. The Bertz CT molecular complexity index is 197. The van der Waals surface area contributed by atoms with E-state index in [2.05, 4.69) is 12.7 Å². The van der Waals surface area contributed by atoms with Crippen LogP contribution >= 0.6 is 0 Å². The zero-order valence-corrected chi connectivity index (χ0v) is 11.7. The molecule has 1 heteroatoms. The van der Waals surface area contributed by atoms with Gasteiger partial charge in [0, 0.05) is 5.70 Å². The quantitative estimate of drug-likeness (QED) is 0.397. The van der Waals surface area contributed by atoms with E-state index in [0.717, 1.165) is 18.5 Å². The minimum Gasteiger partial charge on any atom is -0.399 e. The zero-order valence-electron chi connectivity index (χ0n) is 11.7. The normalized spacial score (nSPS) is 10.4. The molecule has 94 valence electrons. The lowest BCUT2D eigenvalue weighted by molar-refractivity contribution is 1.06. The third-order valence-corrected chi connectivity index (χ3v) is 1.32. The summed E-state index contributed by atoms with van der Waals surface area (Å²) in [6, 6.07) is 0. The van der Waals surface area contributed by atoms with Gasteiger partial charge in [0.2, 0.25) is 0 Å². The molecule has 0 aliphatic carbocycles. The Hall–Kier alpha value is -1.24. The lowest BCUT2D eigenvalue weighted by Crippen LogP contribution is -1.90. The first-order chi connectivity index (χ1) is 7.81. The van der Waals surface area contributed by atoms with Crippen LogP contribution < -0.4 is 5.73 Å². The highest BCUT2D eigenvalue weighted by atomic mass is 14.5. The number of hydrogen-bond acceptors (Lipinski definition) is 1. The molecule has 0 bridgehead atoms. The highest BCUT2D eigenvalue weighted by molar-refractivity contribution is 5.19. The van der Waals surface area contributed by atoms with Crippen LogP contribution in [0.3, 0.4) is 0 Å². The van der Waals surface area contributed by atoms with Crippen LogP contribution in [0, 0.1) is 0 Å². The highest BCUT2D eigenvalue weighted by Gasteiger charge is 1.76. The van der Waals surface area contributed by atoms with Gasteiger partial charge in [0.05, 0.1) is 0 Å². The molecular weight excluding hydrogens is 194 g/mol. The van der Waals surface area contributed by atoms with Crippen LogP contribution in [0.2, 0.25) is 0 Å². The fourth-order valence-electron chi connectivity index (χ4n) is 0.737. The van der Waals surface area contributed by atoms with Crippen molar-refractivity contribution in [3.8, 4) is 0 Å². The van der Waals surface area contributed by atoms with Gasteiger partial charge in [-0.3, -0.25) is 0 Å². The van der Waals surface area contributed by atoms with Gasteiger partial charge >= 0.3 is 0 Å². The van der Waals surface area contributed by atoms with Gasteiger partial charge in [-0.1, -0.05) is 52.0 Å². The first-order valence-corrected chi connectivity index (χ1v) is 6.17. The maximum Gasteiger partial charge on any atom is 0.0310 e. The summed E-state index contributed by atoms with van der Waals surface area (Å²) < 4.78 is 0. The summed E-state index contributed by atoms with van der Waals surface area (Å²) in [6.45, 7) is 13.6. The van der Waals surface area contributed by atoms with Crippen LogP contribution in [-0.2, 0) is 0 Å². The topological polar surface area (TPSA) is 26.0 Å². The van der Waals surface area contributed by atoms with Gasteiger partial charge in [0.25, 0.3) is 0 Å². The predicted octanol–water partition coefficient (Wildman–Crippen LogP) is 4.98. The summed E-state index contributed by atoms with van der Waals surface area (Å²) in [6.07, 6.45) is 13.7. The maximum absolute atomic E-state index is 5.60. The van der Waals surface area contributed by atoms with Gasteiger partial charge in [-0.25, -0.2) is 0 Å². The molecule has 0 saturated carbocycles. The molecule has 1 nitrogen and oxygen atoms in total. The molecule has 0 unspecified atom stereocenters.